The van der Waals surface area contributed by atoms with E-state index in [0.717, 1.165) is 19.0 Å². The molecule has 0 radical (unpaired) electrons. The number of hydrogen-bond acceptors (Lipinski definition) is 4. The maximum absolute atomic E-state index is 4.45. The van der Waals surface area contributed by atoms with E-state index < -0.39 is 0 Å². The molecule has 3 rings (SSSR count). The second-order valence-corrected chi connectivity index (χ2v) is 9.27. The Kier molecular flexibility index (Phi) is 7.97. The van der Waals surface area contributed by atoms with Gasteiger partial charge in [0.2, 0.25) is 0 Å². The number of aliphatic imine (C=N–C) groups is 1. The van der Waals surface area contributed by atoms with Crippen LogP contribution in [0.5, 0.6) is 0 Å². The standard InChI is InChI=1S/C21H37N5S/c1-17(16-26-11-4-5-12-26)14-23-21(22-2)24-15-18-8-6-10-25(3)20(18)19-9-7-13-27-19/h7,9,13,17-18,20H,4-6,8,10-12,14-16H2,1-3H3,(H2,22,23,24). The van der Waals surface area contributed by atoms with Crippen LogP contribution in [0.3, 0.4) is 0 Å². The molecule has 0 bridgehead atoms. The summed E-state index contributed by atoms with van der Waals surface area (Å²) in [4.78, 5) is 11.1. The van der Waals surface area contributed by atoms with Crippen molar-refractivity contribution in [1.29, 1.82) is 0 Å². The molecule has 3 atom stereocenters. The zero-order valence-electron chi connectivity index (χ0n) is 17.3. The van der Waals surface area contributed by atoms with Gasteiger partial charge in [0.05, 0.1) is 0 Å². The van der Waals surface area contributed by atoms with Crippen LogP contribution in [0.15, 0.2) is 22.5 Å². The summed E-state index contributed by atoms with van der Waals surface area (Å²) < 4.78 is 0. The zero-order chi connectivity index (χ0) is 19.1. The highest BCUT2D eigenvalue weighted by Crippen LogP contribution is 2.36. The minimum absolute atomic E-state index is 0.526. The fourth-order valence-corrected chi connectivity index (χ4v) is 5.56. The predicted octanol–water partition coefficient (Wildman–Crippen LogP) is 3.03. The number of nitrogens with one attached hydrogen (secondary N) is 2. The van der Waals surface area contributed by atoms with Crippen LogP contribution in [0, 0.1) is 11.8 Å². The van der Waals surface area contributed by atoms with Gasteiger partial charge >= 0.3 is 0 Å². The molecule has 6 heteroatoms. The molecule has 3 heterocycles. The summed E-state index contributed by atoms with van der Waals surface area (Å²) in [6.45, 7) is 9.23. The monoisotopic (exact) mass is 391 g/mol. The van der Waals surface area contributed by atoms with Gasteiger partial charge in [-0.1, -0.05) is 13.0 Å². The van der Waals surface area contributed by atoms with Crippen LogP contribution in [0.2, 0.25) is 0 Å². The van der Waals surface area contributed by atoms with Crippen molar-refractivity contribution >= 4 is 17.3 Å². The van der Waals surface area contributed by atoms with Crippen molar-refractivity contribution in [3.05, 3.63) is 22.4 Å². The van der Waals surface area contributed by atoms with Crippen molar-refractivity contribution in [2.75, 3.05) is 53.4 Å². The third-order valence-electron chi connectivity index (χ3n) is 5.98. The Balaban J connectivity index is 1.46. The third kappa shape index (κ3) is 5.93. The molecule has 0 spiro atoms. The van der Waals surface area contributed by atoms with Crippen molar-refractivity contribution in [1.82, 2.24) is 20.4 Å². The van der Waals surface area contributed by atoms with Crippen molar-refractivity contribution in [3.63, 3.8) is 0 Å². The lowest BCUT2D eigenvalue weighted by molar-refractivity contribution is 0.125. The largest absolute Gasteiger partial charge is 0.356 e. The first-order chi connectivity index (χ1) is 13.2. The number of thiophene rings is 1. The lowest BCUT2D eigenvalue weighted by Gasteiger charge is -2.39. The van der Waals surface area contributed by atoms with E-state index in [2.05, 4.69) is 56.9 Å². The molecular formula is C21H37N5S. The predicted molar refractivity (Wildman–Crippen MR) is 117 cm³/mol. The Morgan fingerprint density at radius 2 is 2.07 bits per heavy atom. The highest BCUT2D eigenvalue weighted by molar-refractivity contribution is 7.10. The fourth-order valence-electron chi connectivity index (χ4n) is 4.57. The summed E-state index contributed by atoms with van der Waals surface area (Å²) >= 11 is 1.89. The molecule has 2 saturated heterocycles. The molecule has 3 unspecified atom stereocenters. The van der Waals surface area contributed by atoms with E-state index in [9.17, 15) is 0 Å². The lowest BCUT2D eigenvalue weighted by Crippen LogP contribution is -2.46. The summed E-state index contributed by atoms with van der Waals surface area (Å²) in [7, 11) is 4.15. The molecule has 0 aliphatic carbocycles. The average Bonchev–Trinajstić information content (AvgIpc) is 3.36. The first-order valence-corrected chi connectivity index (χ1v) is 11.5. The number of guanidine groups is 1. The SMILES string of the molecule is CN=C(NCC(C)CN1CCCC1)NCC1CCCN(C)C1c1cccs1. The van der Waals surface area contributed by atoms with Crippen LogP contribution >= 0.6 is 11.3 Å². The maximum atomic E-state index is 4.45. The Hall–Kier alpha value is -1.11. The van der Waals surface area contributed by atoms with E-state index in [4.69, 9.17) is 0 Å². The average molecular weight is 392 g/mol. The van der Waals surface area contributed by atoms with Crippen LogP contribution in [0.4, 0.5) is 0 Å². The summed E-state index contributed by atoms with van der Waals surface area (Å²) in [5.74, 6) is 2.21. The van der Waals surface area contributed by atoms with Gasteiger partial charge in [0, 0.05) is 37.6 Å². The van der Waals surface area contributed by atoms with E-state index in [1.807, 2.05) is 18.4 Å². The number of piperidine rings is 1. The van der Waals surface area contributed by atoms with E-state index in [1.165, 1.54) is 56.7 Å². The first kappa shape index (κ1) is 20.6. The van der Waals surface area contributed by atoms with Gasteiger partial charge in [-0.2, -0.15) is 0 Å². The molecule has 2 aliphatic rings. The molecule has 1 aromatic heterocycles. The first-order valence-electron chi connectivity index (χ1n) is 10.6. The molecule has 2 N–H and O–H groups in total. The summed E-state index contributed by atoms with van der Waals surface area (Å²) in [6.07, 6.45) is 5.29. The fraction of sp³-hybridized carbons (Fsp3) is 0.762. The number of rotatable bonds is 7. The molecule has 0 amide bonds. The van der Waals surface area contributed by atoms with Crippen molar-refractivity contribution in [3.8, 4) is 0 Å². The van der Waals surface area contributed by atoms with E-state index in [-0.39, 0.29) is 0 Å². The highest BCUT2D eigenvalue weighted by atomic mass is 32.1. The van der Waals surface area contributed by atoms with Crippen molar-refractivity contribution < 1.29 is 0 Å². The molecule has 2 fully saturated rings. The molecule has 0 aromatic carbocycles. The van der Waals surface area contributed by atoms with Gasteiger partial charge in [-0.15, -0.1) is 11.3 Å². The van der Waals surface area contributed by atoms with Crippen LogP contribution in [0.1, 0.15) is 43.5 Å². The second kappa shape index (κ2) is 10.4. The quantitative estimate of drug-likeness (QED) is 0.554. The Morgan fingerprint density at radius 1 is 1.26 bits per heavy atom. The molecule has 1 aromatic rings. The normalized spacial score (nSPS) is 26.3. The van der Waals surface area contributed by atoms with Crippen LogP contribution in [-0.4, -0.2) is 69.1 Å². The van der Waals surface area contributed by atoms with Gasteiger partial charge in [-0.3, -0.25) is 9.89 Å². The Labute approximate surface area is 169 Å². The molecule has 0 saturated carbocycles. The van der Waals surface area contributed by atoms with Gasteiger partial charge in [-0.05, 0) is 75.6 Å². The number of hydrogen-bond donors (Lipinski definition) is 2. The smallest absolute Gasteiger partial charge is 0.190 e. The molecule has 27 heavy (non-hydrogen) atoms. The Bertz CT molecular complexity index is 567. The van der Waals surface area contributed by atoms with Gasteiger partial charge in [0.1, 0.15) is 0 Å². The van der Waals surface area contributed by atoms with Gasteiger partial charge in [0.25, 0.3) is 0 Å². The van der Waals surface area contributed by atoms with Crippen LogP contribution < -0.4 is 10.6 Å². The minimum atomic E-state index is 0.526. The second-order valence-electron chi connectivity index (χ2n) is 8.29. The third-order valence-corrected chi connectivity index (χ3v) is 6.93. The molecule has 152 valence electrons. The molecule has 5 nitrogen and oxygen atoms in total. The van der Waals surface area contributed by atoms with E-state index in [0.29, 0.717) is 17.9 Å². The summed E-state index contributed by atoms with van der Waals surface area (Å²) in [5, 5.41) is 9.35. The summed E-state index contributed by atoms with van der Waals surface area (Å²) in [6, 6.07) is 4.99. The minimum Gasteiger partial charge on any atom is -0.356 e. The van der Waals surface area contributed by atoms with Crippen LogP contribution in [0.25, 0.3) is 0 Å². The molecular weight excluding hydrogens is 354 g/mol. The summed E-state index contributed by atoms with van der Waals surface area (Å²) in [5.41, 5.74) is 0. The van der Waals surface area contributed by atoms with E-state index in [1.54, 1.807) is 0 Å². The van der Waals surface area contributed by atoms with Crippen molar-refractivity contribution in [2.45, 2.75) is 38.6 Å². The Morgan fingerprint density at radius 3 is 2.78 bits per heavy atom. The van der Waals surface area contributed by atoms with E-state index >= 15 is 0 Å². The lowest BCUT2D eigenvalue weighted by atomic mass is 9.88. The number of likely N-dealkylation sites (tertiary alicyclic amines) is 2. The highest BCUT2D eigenvalue weighted by Gasteiger charge is 2.31. The topological polar surface area (TPSA) is 42.9 Å². The van der Waals surface area contributed by atoms with Crippen molar-refractivity contribution in [2.24, 2.45) is 16.8 Å². The maximum Gasteiger partial charge on any atom is 0.190 e. The van der Waals surface area contributed by atoms with Crippen LogP contribution in [-0.2, 0) is 0 Å². The van der Waals surface area contributed by atoms with Gasteiger partial charge in [-0.25, -0.2) is 0 Å². The van der Waals surface area contributed by atoms with Gasteiger partial charge in [0.15, 0.2) is 5.96 Å². The molecule has 2 aliphatic heterocycles. The van der Waals surface area contributed by atoms with Gasteiger partial charge < -0.3 is 15.5 Å². The number of nitrogens with zero attached hydrogens (tertiary/aromatic N) is 3. The zero-order valence-corrected chi connectivity index (χ0v) is 18.1.